The van der Waals surface area contributed by atoms with E-state index in [-0.39, 0.29) is 11.7 Å². The van der Waals surface area contributed by atoms with Gasteiger partial charge in [-0.2, -0.15) is 5.10 Å². The fraction of sp³-hybridized carbons (Fsp3) is 0. The van der Waals surface area contributed by atoms with Crippen LogP contribution in [-0.2, 0) is 0 Å². The number of hydrazone groups is 1. The normalized spacial score (nSPS) is 10.6. The van der Waals surface area contributed by atoms with Crippen molar-refractivity contribution in [3.05, 3.63) is 53.9 Å². The van der Waals surface area contributed by atoms with Crippen molar-refractivity contribution in [1.82, 2.24) is 10.4 Å². The lowest BCUT2D eigenvalue weighted by molar-refractivity contribution is 0.0955. The zero-order valence-corrected chi connectivity index (χ0v) is 8.92. The monoisotopic (exact) mass is 229 g/mol. The van der Waals surface area contributed by atoms with Crippen LogP contribution < -0.4 is 5.43 Å². The topological polar surface area (TPSA) is 77.5 Å². The molecule has 0 aliphatic heterocycles. The van der Waals surface area contributed by atoms with Crippen molar-refractivity contribution in [2.45, 2.75) is 0 Å². The highest BCUT2D eigenvalue weighted by Crippen LogP contribution is 2.09. The molecule has 0 aliphatic rings. The van der Waals surface area contributed by atoms with Gasteiger partial charge in [0.2, 0.25) is 0 Å². The molecule has 0 atom stereocenters. The van der Waals surface area contributed by atoms with Gasteiger partial charge in [0.15, 0.2) is 0 Å². The number of aromatic hydroxyl groups is 1. The molecule has 86 valence electrons. The van der Waals surface area contributed by atoms with E-state index < -0.39 is 0 Å². The molecule has 0 saturated carbocycles. The number of nitrogens with one attached hydrogen (secondary N) is 2. The molecular weight excluding hydrogens is 218 g/mol. The average Bonchev–Trinajstić information content (AvgIpc) is 2.83. The Labute approximate surface area is 97.8 Å². The van der Waals surface area contributed by atoms with Gasteiger partial charge in [-0.1, -0.05) is 0 Å². The van der Waals surface area contributed by atoms with Crippen LogP contribution in [0.5, 0.6) is 5.75 Å². The Morgan fingerprint density at radius 3 is 2.71 bits per heavy atom. The number of H-pyrrole nitrogens is 1. The van der Waals surface area contributed by atoms with Crippen molar-refractivity contribution in [2.75, 3.05) is 0 Å². The molecular formula is C12H11N3O2. The van der Waals surface area contributed by atoms with Gasteiger partial charge in [0.1, 0.15) is 5.75 Å². The number of phenolic OH excluding ortho intramolecular Hbond substituents is 1. The maximum atomic E-state index is 11.6. The average molecular weight is 229 g/mol. The van der Waals surface area contributed by atoms with Gasteiger partial charge in [0.25, 0.3) is 5.91 Å². The Morgan fingerprint density at radius 1 is 1.29 bits per heavy atom. The van der Waals surface area contributed by atoms with Gasteiger partial charge < -0.3 is 10.1 Å². The number of carbonyl (C=O) groups excluding carboxylic acids is 1. The van der Waals surface area contributed by atoms with Crippen molar-refractivity contribution in [2.24, 2.45) is 5.10 Å². The van der Waals surface area contributed by atoms with Crippen LogP contribution in [0, 0.1) is 0 Å². The molecule has 2 rings (SSSR count). The zero-order valence-electron chi connectivity index (χ0n) is 8.92. The van der Waals surface area contributed by atoms with E-state index >= 15 is 0 Å². The molecule has 0 bridgehead atoms. The molecule has 0 radical (unpaired) electrons. The number of rotatable bonds is 3. The molecule has 17 heavy (non-hydrogen) atoms. The van der Waals surface area contributed by atoms with Crippen molar-refractivity contribution < 1.29 is 9.90 Å². The van der Waals surface area contributed by atoms with Crippen LogP contribution in [0.3, 0.4) is 0 Å². The molecule has 1 heterocycles. The third-order valence-corrected chi connectivity index (χ3v) is 2.12. The van der Waals surface area contributed by atoms with Gasteiger partial charge in [0.05, 0.1) is 11.9 Å². The van der Waals surface area contributed by atoms with Crippen molar-refractivity contribution in [3.8, 4) is 5.75 Å². The van der Waals surface area contributed by atoms with Gasteiger partial charge in [-0.25, -0.2) is 5.43 Å². The summed E-state index contributed by atoms with van der Waals surface area (Å²) in [5.41, 5.74) is 3.62. The number of hydrogen-bond donors (Lipinski definition) is 3. The number of aromatic amines is 1. The number of carbonyl (C=O) groups is 1. The Morgan fingerprint density at radius 2 is 2.06 bits per heavy atom. The highest BCUT2D eigenvalue weighted by Gasteiger charge is 2.02. The summed E-state index contributed by atoms with van der Waals surface area (Å²) in [7, 11) is 0. The summed E-state index contributed by atoms with van der Waals surface area (Å²) in [4.78, 5) is 14.5. The second-order valence-electron chi connectivity index (χ2n) is 3.37. The first-order chi connectivity index (χ1) is 8.25. The lowest BCUT2D eigenvalue weighted by Gasteiger charge is -1.99. The number of nitrogens with zero attached hydrogens (tertiary/aromatic N) is 1. The largest absolute Gasteiger partial charge is 0.508 e. The summed E-state index contributed by atoms with van der Waals surface area (Å²) >= 11 is 0. The van der Waals surface area contributed by atoms with E-state index in [2.05, 4.69) is 15.5 Å². The number of amides is 1. The fourth-order valence-corrected chi connectivity index (χ4v) is 1.26. The van der Waals surface area contributed by atoms with E-state index in [9.17, 15) is 4.79 Å². The molecule has 0 unspecified atom stereocenters. The lowest BCUT2D eigenvalue weighted by atomic mass is 10.2. The van der Waals surface area contributed by atoms with E-state index in [1.54, 1.807) is 6.20 Å². The number of phenols is 1. The Hall–Kier alpha value is -2.56. The second-order valence-corrected chi connectivity index (χ2v) is 3.37. The van der Waals surface area contributed by atoms with Crippen LogP contribution in [0.1, 0.15) is 16.1 Å². The van der Waals surface area contributed by atoms with Gasteiger partial charge in [0, 0.05) is 11.8 Å². The molecule has 5 nitrogen and oxygen atoms in total. The smallest absolute Gasteiger partial charge is 0.271 e. The van der Waals surface area contributed by atoms with E-state index in [4.69, 9.17) is 5.11 Å². The Bertz CT molecular complexity index is 515. The number of benzene rings is 1. The molecule has 0 saturated heterocycles. The quantitative estimate of drug-likeness (QED) is 0.550. The van der Waals surface area contributed by atoms with Crippen molar-refractivity contribution >= 4 is 12.1 Å². The second kappa shape index (κ2) is 4.98. The van der Waals surface area contributed by atoms with E-state index in [1.165, 1.54) is 30.5 Å². The minimum atomic E-state index is -0.326. The number of aromatic nitrogens is 1. The maximum absolute atomic E-state index is 11.6. The third-order valence-electron chi connectivity index (χ3n) is 2.12. The standard InChI is InChI=1S/C12H11N3O2/c16-11-5-3-9(4-6-11)12(17)15-14-8-10-2-1-7-13-10/h1-8,13,16H,(H,15,17)/b14-8-. The van der Waals surface area contributed by atoms with Crippen molar-refractivity contribution in [3.63, 3.8) is 0 Å². The fourth-order valence-electron chi connectivity index (χ4n) is 1.26. The van der Waals surface area contributed by atoms with E-state index in [0.717, 1.165) is 5.69 Å². The summed E-state index contributed by atoms with van der Waals surface area (Å²) in [5.74, 6) is -0.204. The minimum absolute atomic E-state index is 0.122. The zero-order chi connectivity index (χ0) is 12.1. The van der Waals surface area contributed by atoms with Crippen LogP contribution in [0.15, 0.2) is 47.7 Å². The molecule has 0 aliphatic carbocycles. The van der Waals surface area contributed by atoms with Crippen LogP contribution in [0.25, 0.3) is 0 Å². The first-order valence-electron chi connectivity index (χ1n) is 5.01. The molecule has 0 spiro atoms. The van der Waals surface area contributed by atoms with Gasteiger partial charge in [-0.05, 0) is 36.4 Å². The third kappa shape index (κ3) is 2.94. The van der Waals surface area contributed by atoms with Crippen molar-refractivity contribution in [1.29, 1.82) is 0 Å². The van der Waals surface area contributed by atoms with E-state index in [1.807, 2.05) is 12.1 Å². The number of hydrogen-bond acceptors (Lipinski definition) is 3. The highest BCUT2D eigenvalue weighted by atomic mass is 16.3. The predicted molar refractivity (Wildman–Crippen MR) is 64.0 cm³/mol. The van der Waals surface area contributed by atoms with Gasteiger partial charge in [-0.3, -0.25) is 4.79 Å². The SMILES string of the molecule is O=C(N/N=C\c1ccc[nH]1)c1ccc(O)cc1. The first-order valence-corrected chi connectivity index (χ1v) is 5.01. The summed E-state index contributed by atoms with van der Waals surface area (Å²) < 4.78 is 0. The minimum Gasteiger partial charge on any atom is -0.508 e. The summed E-state index contributed by atoms with van der Waals surface area (Å²) in [6.45, 7) is 0. The van der Waals surface area contributed by atoms with Crippen LogP contribution in [-0.4, -0.2) is 22.2 Å². The first kappa shape index (κ1) is 10.9. The molecule has 1 aromatic carbocycles. The Balaban J connectivity index is 1.96. The maximum Gasteiger partial charge on any atom is 0.271 e. The Kier molecular flexibility index (Phi) is 3.20. The van der Waals surface area contributed by atoms with E-state index in [0.29, 0.717) is 5.56 Å². The van der Waals surface area contributed by atoms with Crippen LogP contribution in [0.2, 0.25) is 0 Å². The molecule has 2 aromatic rings. The highest BCUT2D eigenvalue weighted by molar-refractivity contribution is 5.94. The molecule has 1 amide bonds. The molecule has 5 heteroatoms. The molecule has 3 N–H and O–H groups in total. The summed E-state index contributed by atoms with van der Waals surface area (Å²) in [6.07, 6.45) is 3.28. The molecule has 1 aromatic heterocycles. The summed E-state index contributed by atoms with van der Waals surface area (Å²) in [6, 6.07) is 9.61. The lowest BCUT2D eigenvalue weighted by Crippen LogP contribution is -2.17. The van der Waals surface area contributed by atoms with Crippen LogP contribution >= 0.6 is 0 Å². The summed E-state index contributed by atoms with van der Waals surface area (Å²) in [5, 5.41) is 12.9. The molecule has 0 fully saturated rings. The predicted octanol–water partition coefficient (Wildman–Crippen LogP) is 1.48. The van der Waals surface area contributed by atoms with Crippen LogP contribution in [0.4, 0.5) is 0 Å². The van der Waals surface area contributed by atoms with Gasteiger partial charge in [-0.15, -0.1) is 0 Å². The van der Waals surface area contributed by atoms with Gasteiger partial charge >= 0.3 is 0 Å².